The second-order valence-corrected chi connectivity index (χ2v) is 4.61. The number of halogens is 1. The second-order valence-electron chi connectivity index (χ2n) is 4.17. The molecule has 0 radical (unpaired) electrons. The van der Waals surface area contributed by atoms with Gasteiger partial charge in [-0.2, -0.15) is 0 Å². The zero-order chi connectivity index (χ0) is 12.5. The van der Waals surface area contributed by atoms with Gasteiger partial charge in [0.15, 0.2) is 0 Å². The molecule has 0 spiro atoms. The molecular weight excluding hydrogens is 254 g/mol. The number of rotatable bonds is 3. The standard InChI is InChI=1S/C12H10ClN3O2/c13-8-3-1-2-7(6-8)11-15-16-12(18-11)10(17)14-9-4-5-9/h1-3,6,9H,4-5H2,(H,14,17). The van der Waals surface area contributed by atoms with Crippen LogP contribution < -0.4 is 5.32 Å². The fourth-order valence-electron chi connectivity index (χ4n) is 1.53. The van der Waals surface area contributed by atoms with E-state index in [1.807, 2.05) is 0 Å². The molecule has 3 rings (SSSR count). The van der Waals surface area contributed by atoms with Gasteiger partial charge in [0.25, 0.3) is 0 Å². The summed E-state index contributed by atoms with van der Waals surface area (Å²) < 4.78 is 5.32. The first-order valence-electron chi connectivity index (χ1n) is 5.63. The minimum Gasteiger partial charge on any atom is -0.412 e. The SMILES string of the molecule is O=C(NC1CC1)c1nnc(-c2cccc(Cl)c2)o1. The minimum atomic E-state index is -0.321. The van der Waals surface area contributed by atoms with Gasteiger partial charge in [0, 0.05) is 16.6 Å². The van der Waals surface area contributed by atoms with Crippen LogP contribution in [0.1, 0.15) is 23.5 Å². The topological polar surface area (TPSA) is 68.0 Å². The molecule has 1 aliphatic rings. The summed E-state index contributed by atoms with van der Waals surface area (Å²) in [6.45, 7) is 0. The van der Waals surface area contributed by atoms with Gasteiger partial charge in [0.2, 0.25) is 5.89 Å². The largest absolute Gasteiger partial charge is 0.412 e. The highest BCUT2D eigenvalue weighted by Gasteiger charge is 2.26. The highest BCUT2D eigenvalue weighted by atomic mass is 35.5. The first kappa shape index (κ1) is 11.2. The number of nitrogens with zero attached hydrogens (tertiary/aromatic N) is 2. The van der Waals surface area contributed by atoms with E-state index in [9.17, 15) is 4.79 Å². The maximum Gasteiger partial charge on any atom is 0.309 e. The fraction of sp³-hybridized carbons (Fsp3) is 0.250. The molecule has 1 amide bonds. The molecule has 5 nitrogen and oxygen atoms in total. The Labute approximate surface area is 108 Å². The molecule has 1 heterocycles. The summed E-state index contributed by atoms with van der Waals surface area (Å²) in [4.78, 5) is 11.7. The van der Waals surface area contributed by atoms with E-state index in [0.29, 0.717) is 16.5 Å². The highest BCUT2D eigenvalue weighted by molar-refractivity contribution is 6.30. The Bertz CT molecular complexity index is 593. The molecule has 1 fully saturated rings. The zero-order valence-electron chi connectivity index (χ0n) is 9.39. The van der Waals surface area contributed by atoms with Crippen LogP contribution in [0.4, 0.5) is 0 Å². The zero-order valence-corrected chi connectivity index (χ0v) is 10.1. The van der Waals surface area contributed by atoms with E-state index in [1.165, 1.54) is 0 Å². The van der Waals surface area contributed by atoms with Crippen molar-refractivity contribution in [2.24, 2.45) is 0 Å². The van der Waals surface area contributed by atoms with Gasteiger partial charge in [0.05, 0.1) is 0 Å². The third-order valence-electron chi connectivity index (χ3n) is 2.60. The molecule has 1 aliphatic carbocycles. The first-order chi connectivity index (χ1) is 8.72. The van der Waals surface area contributed by atoms with Gasteiger partial charge in [-0.1, -0.05) is 17.7 Å². The van der Waals surface area contributed by atoms with Crippen molar-refractivity contribution in [1.82, 2.24) is 15.5 Å². The van der Waals surface area contributed by atoms with Crippen molar-refractivity contribution in [2.75, 3.05) is 0 Å². The van der Waals surface area contributed by atoms with E-state index in [-0.39, 0.29) is 17.8 Å². The van der Waals surface area contributed by atoms with Crippen molar-refractivity contribution in [1.29, 1.82) is 0 Å². The molecule has 0 aliphatic heterocycles. The average molecular weight is 264 g/mol. The molecule has 1 aromatic carbocycles. The van der Waals surface area contributed by atoms with Crippen LogP contribution in [0.5, 0.6) is 0 Å². The molecular formula is C12H10ClN3O2. The number of carbonyl (C=O) groups is 1. The van der Waals surface area contributed by atoms with Crippen molar-refractivity contribution in [3.63, 3.8) is 0 Å². The molecule has 0 atom stereocenters. The summed E-state index contributed by atoms with van der Waals surface area (Å²) >= 11 is 5.87. The van der Waals surface area contributed by atoms with Gasteiger partial charge < -0.3 is 9.73 Å². The summed E-state index contributed by atoms with van der Waals surface area (Å²) in [6.07, 6.45) is 2.03. The van der Waals surface area contributed by atoms with E-state index in [4.69, 9.17) is 16.0 Å². The maximum absolute atomic E-state index is 11.7. The number of aromatic nitrogens is 2. The van der Waals surface area contributed by atoms with Crippen LogP contribution in [0.2, 0.25) is 5.02 Å². The lowest BCUT2D eigenvalue weighted by molar-refractivity contribution is 0.0917. The third-order valence-corrected chi connectivity index (χ3v) is 2.84. The van der Waals surface area contributed by atoms with Gasteiger partial charge in [-0.3, -0.25) is 4.79 Å². The van der Waals surface area contributed by atoms with Crippen molar-refractivity contribution in [3.8, 4) is 11.5 Å². The minimum absolute atomic E-state index is 0.0168. The van der Waals surface area contributed by atoms with E-state index in [0.717, 1.165) is 12.8 Å². The third kappa shape index (κ3) is 2.36. The smallest absolute Gasteiger partial charge is 0.309 e. The van der Waals surface area contributed by atoms with Crippen molar-refractivity contribution in [3.05, 3.63) is 35.2 Å². The van der Waals surface area contributed by atoms with Crippen LogP contribution in [0.3, 0.4) is 0 Å². The molecule has 18 heavy (non-hydrogen) atoms. The van der Waals surface area contributed by atoms with Gasteiger partial charge in [-0.05, 0) is 31.0 Å². The molecule has 0 bridgehead atoms. The van der Waals surface area contributed by atoms with Crippen LogP contribution in [0.15, 0.2) is 28.7 Å². The van der Waals surface area contributed by atoms with Gasteiger partial charge in [0.1, 0.15) is 0 Å². The quantitative estimate of drug-likeness (QED) is 0.922. The Morgan fingerprint density at radius 2 is 2.22 bits per heavy atom. The van der Waals surface area contributed by atoms with Gasteiger partial charge in [-0.15, -0.1) is 10.2 Å². The Balaban J connectivity index is 1.82. The van der Waals surface area contributed by atoms with Crippen molar-refractivity contribution in [2.45, 2.75) is 18.9 Å². The van der Waals surface area contributed by atoms with Gasteiger partial charge >= 0.3 is 11.8 Å². The number of nitrogens with one attached hydrogen (secondary N) is 1. The van der Waals surface area contributed by atoms with Crippen LogP contribution in [-0.4, -0.2) is 22.1 Å². The van der Waals surface area contributed by atoms with Crippen LogP contribution in [0, 0.1) is 0 Å². The number of amides is 1. The van der Waals surface area contributed by atoms with E-state index in [2.05, 4.69) is 15.5 Å². The lowest BCUT2D eigenvalue weighted by Gasteiger charge is -1.97. The summed E-state index contributed by atoms with van der Waals surface area (Å²) in [5.41, 5.74) is 0.695. The molecule has 6 heteroatoms. The Hall–Kier alpha value is -1.88. The predicted octanol–water partition coefficient (Wildman–Crippen LogP) is 2.28. The number of hydrogen-bond acceptors (Lipinski definition) is 4. The number of hydrogen-bond donors (Lipinski definition) is 1. The lowest BCUT2D eigenvalue weighted by atomic mass is 10.2. The molecule has 2 aromatic rings. The van der Waals surface area contributed by atoms with E-state index >= 15 is 0 Å². The molecule has 0 saturated heterocycles. The summed E-state index contributed by atoms with van der Waals surface area (Å²) in [7, 11) is 0. The second kappa shape index (κ2) is 4.42. The van der Waals surface area contributed by atoms with Gasteiger partial charge in [-0.25, -0.2) is 0 Å². The van der Waals surface area contributed by atoms with E-state index < -0.39 is 0 Å². The normalized spacial score (nSPS) is 14.5. The number of benzene rings is 1. The van der Waals surface area contributed by atoms with Crippen LogP contribution >= 0.6 is 11.6 Å². The Kier molecular flexibility index (Phi) is 2.76. The predicted molar refractivity (Wildman–Crippen MR) is 65.2 cm³/mol. The van der Waals surface area contributed by atoms with E-state index in [1.54, 1.807) is 24.3 Å². The van der Waals surface area contributed by atoms with Crippen molar-refractivity contribution < 1.29 is 9.21 Å². The summed E-state index contributed by atoms with van der Waals surface area (Å²) in [5.74, 6) is -0.0476. The van der Waals surface area contributed by atoms with Crippen LogP contribution in [-0.2, 0) is 0 Å². The molecule has 1 saturated carbocycles. The monoisotopic (exact) mass is 263 g/mol. The lowest BCUT2D eigenvalue weighted by Crippen LogP contribution is -2.25. The average Bonchev–Trinajstić information content (AvgIpc) is 3.03. The number of carbonyl (C=O) groups excluding carboxylic acids is 1. The molecule has 1 aromatic heterocycles. The van der Waals surface area contributed by atoms with Crippen LogP contribution in [0.25, 0.3) is 11.5 Å². The maximum atomic E-state index is 11.7. The summed E-state index contributed by atoms with van der Waals surface area (Å²) in [6, 6.07) is 7.30. The summed E-state index contributed by atoms with van der Waals surface area (Å²) in [5, 5.41) is 10.9. The van der Waals surface area contributed by atoms with Crippen molar-refractivity contribution >= 4 is 17.5 Å². The highest BCUT2D eigenvalue weighted by Crippen LogP contribution is 2.22. The fourth-order valence-corrected chi connectivity index (χ4v) is 1.72. The molecule has 1 N–H and O–H groups in total. The molecule has 0 unspecified atom stereocenters. The Morgan fingerprint density at radius 3 is 2.94 bits per heavy atom. The Morgan fingerprint density at radius 1 is 1.39 bits per heavy atom. The first-order valence-corrected chi connectivity index (χ1v) is 6.00. The molecule has 92 valence electrons.